The topological polar surface area (TPSA) is 72.7 Å². The molecule has 27 heavy (non-hydrogen) atoms. The monoisotopic (exact) mass is 385 g/mol. The molecule has 140 valence electrons. The van der Waals surface area contributed by atoms with Crippen LogP contribution in [0.3, 0.4) is 0 Å². The molecule has 0 fully saturated rings. The standard InChI is InChI=1S/C19H20FN5OS/c1-2-11-25-18(15-7-9-21-10-8-15)23-24-19(25)27-13-17(26)22-12-14-3-5-16(20)6-4-14/h3-10H,2,11-13H2,1H3,(H,22,26). The summed E-state index contributed by atoms with van der Waals surface area (Å²) >= 11 is 1.35. The molecule has 0 radical (unpaired) electrons. The molecule has 0 saturated carbocycles. The lowest BCUT2D eigenvalue weighted by atomic mass is 10.2. The molecule has 1 N–H and O–H groups in total. The van der Waals surface area contributed by atoms with Crippen LogP contribution in [0, 0.1) is 5.82 Å². The van der Waals surface area contributed by atoms with Crippen LogP contribution < -0.4 is 5.32 Å². The van der Waals surface area contributed by atoms with Crippen LogP contribution >= 0.6 is 11.8 Å². The number of nitrogens with zero attached hydrogens (tertiary/aromatic N) is 4. The van der Waals surface area contributed by atoms with Crippen molar-refractivity contribution < 1.29 is 9.18 Å². The number of aromatic nitrogens is 4. The molecule has 0 atom stereocenters. The van der Waals surface area contributed by atoms with E-state index in [1.807, 2.05) is 16.7 Å². The van der Waals surface area contributed by atoms with Crippen molar-refractivity contribution >= 4 is 17.7 Å². The van der Waals surface area contributed by atoms with Gasteiger partial charge in [0.15, 0.2) is 11.0 Å². The Morgan fingerprint density at radius 1 is 1.15 bits per heavy atom. The van der Waals surface area contributed by atoms with E-state index in [0.29, 0.717) is 11.7 Å². The summed E-state index contributed by atoms with van der Waals surface area (Å²) in [5.74, 6) is 0.606. The number of amides is 1. The molecule has 0 unspecified atom stereocenters. The molecule has 1 aromatic carbocycles. The number of halogens is 1. The van der Waals surface area contributed by atoms with E-state index in [0.717, 1.165) is 29.9 Å². The molecule has 1 amide bonds. The number of benzene rings is 1. The van der Waals surface area contributed by atoms with Crippen molar-refractivity contribution in [2.24, 2.45) is 0 Å². The molecule has 6 nitrogen and oxygen atoms in total. The average Bonchev–Trinajstić information content (AvgIpc) is 3.09. The number of carbonyl (C=O) groups is 1. The van der Waals surface area contributed by atoms with Crippen LogP contribution in [-0.4, -0.2) is 31.4 Å². The molecule has 0 aliphatic heterocycles. The first-order valence-electron chi connectivity index (χ1n) is 8.65. The van der Waals surface area contributed by atoms with Crippen LogP contribution in [0.1, 0.15) is 18.9 Å². The Kier molecular flexibility index (Phi) is 6.54. The molecule has 3 aromatic rings. The highest BCUT2D eigenvalue weighted by Crippen LogP contribution is 2.23. The fraction of sp³-hybridized carbons (Fsp3) is 0.263. The Bertz CT molecular complexity index is 883. The summed E-state index contributed by atoms with van der Waals surface area (Å²) in [4.78, 5) is 16.2. The van der Waals surface area contributed by atoms with Crippen molar-refractivity contribution in [2.75, 3.05) is 5.75 Å². The predicted molar refractivity (Wildman–Crippen MR) is 103 cm³/mol. The highest BCUT2D eigenvalue weighted by Gasteiger charge is 2.15. The third-order valence-electron chi connectivity index (χ3n) is 3.84. The second-order valence-electron chi connectivity index (χ2n) is 5.89. The largest absolute Gasteiger partial charge is 0.351 e. The number of carbonyl (C=O) groups excluding carboxylic acids is 1. The molecule has 2 heterocycles. The third kappa shape index (κ3) is 5.13. The van der Waals surface area contributed by atoms with Gasteiger partial charge in [-0.1, -0.05) is 30.8 Å². The van der Waals surface area contributed by atoms with Crippen molar-refractivity contribution in [3.63, 3.8) is 0 Å². The molecule has 2 aromatic heterocycles. The van der Waals surface area contributed by atoms with E-state index in [4.69, 9.17) is 0 Å². The van der Waals surface area contributed by atoms with E-state index in [1.54, 1.807) is 24.5 Å². The maximum Gasteiger partial charge on any atom is 0.230 e. The minimum Gasteiger partial charge on any atom is -0.351 e. The van der Waals surface area contributed by atoms with Gasteiger partial charge < -0.3 is 9.88 Å². The number of thioether (sulfide) groups is 1. The summed E-state index contributed by atoms with van der Waals surface area (Å²) in [7, 11) is 0. The van der Waals surface area contributed by atoms with Crippen molar-refractivity contribution in [1.82, 2.24) is 25.1 Å². The second-order valence-corrected chi connectivity index (χ2v) is 6.83. The van der Waals surface area contributed by atoms with Gasteiger partial charge in [-0.15, -0.1) is 10.2 Å². The molecule has 3 rings (SSSR count). The highest BCUT2D eigenvalue weighted by atomic mass is 32.2. The van der Waals surface area contributed by atoms with Gasteiger partial charge in [0.2, 0.25) is 5.91 Å². The smallest absolute Gasteiger partial charge is 0.230 e. The zero-order valence-corrected chi connectivity index (χ0v) is 15.7. The van der Waals surface area contributed by atoms with Gasteiger partial charge in [-0.25, -0.2) is 4.39 Å². The number of hydrogen-bond acceptors (Lipinski definition) is 5. The summed E-state index contributed by atoms with van der Waals surface area (Å²) in [5, 5.41) is 12.1. The molecule has 0 aliphatic rings. The minimum absolute atomic E-state index is 0.110. The summed E-state index contributed by atoms with van der Waals surface area (Å²) in [6.07, 6.45) is 4.37. The average molecular weight is 385 g/mol. The number of pyridine rings is 1. The molecule has 0 spiro atoms. The van der Waals surface area contributed by atoms with Crippen molar-refractivity contribution in [1.29, 1.82) is 0 Å². The molecule has 0 bridgehead atoms. The SMILES string of the molecule is CCCn1c(SCC(=O)NCc2ccc(F)cc2)nnc1-c1ccncc1. The minimum atomic E-state index is -0.291. The fourth-order valence-electron chi connectivity index (χ4n) is 2.52. The van der Waals surface area contributed by atoms with Gasteiger partial charge in [0.05, 0.1) is 5.75 Å². The second kappa shape index (κ2) is 9.27. The first-order chi connectivity index (χ1) is 13.2. The van der Waals surface area contributed by atoms with Gasteiger partial charge >= 0.3 is 0 Å². The Morgan fingerprint density at radius 2 is 1.89 bits per heavy atom. The van der Waals surface area contributed by atoms with Crippen LogP contribution in [0.2, 0.25) is 0 Å². The molecule has 0 saturated heterocycles. The quantitative estimate of drug-likeness (QED) is 0.603. The normalized spacial score (nSPS) is 10.7. The maximum atomic E-state index is 12.9. The number of hydrogen-bond donors (Lipinski definition) is 1. The van der Waals surface area contributed by atoms with Crippen LogP contribution in [0.5, 0.6) is 0 Å². The van der Waals surface area contributed by atoms with E-state index in [1.165, 1.54) is 23.9 Å². The summed E-state index contributed by atoms with van der Waals surface area (Å²) in [6, 6.07) is 9.84. The molecule has 8 heteroatoms. The summed E-state index contributed by atoms with van der Waals surface area (Å²) < 4.78 is 14.9. The Balaban J connectivity index is 1.61. The van der Waals surface area contributed by atoms with Gasteiger partial charge in [0, 0.05) is 31.0 Å². The molecule has 0 aliphatic carbocycles. The van der Waals surface area contributed by atoms with E-state index < -0.39 is 0 Å². The third-order valence-corrected chi connectivity index (χ3v) is 4.80. The first-order valence-corrected chi connectivity index (χ1v) is 9.63. The summed E-state index contributed by atoms with van der Waals surface area (Å²) in [5.41, 5.74) is 1.79. The van der Waals surface area contributed by atoms with E-state index >= 15 is 0 Å². The highest BCUT2D eigenvalue weighted by molar-refractivity contribution is 7.99. The molecular weight excluding hydrogens is 365 g/mol. The van der Waals surface area contributed by atoms with Gasteiger partial charge in [0.1, 0.15) is 5.82 Å². The van der Waals surface area contributed by atoms with Crippen LogP contribution in [0.15, 0.2) is 53.9 Å². The van der Waals surface area contributed by atoms with Crippen molar-refractivity contribution in [2.45, 2.75) is 31.6 Å². The molecular formula is C19H20FN5OS. The number of nitrogens with one attached hydrogen (secondary N) is 1. The van der Waals surface area contributed by atoms with E-state index in [-0.39, 0.29) is 17.5 Å². The van der Waals surface area contributed by atoms with Gasteiger partial charge in [0.25, 0.3) is 0 Å². The zero-order valence-electron chi connectivity index (χ0n) is 14.9. The van der Waals surface area contributed by atoms with Crippen LogP contribution in [0.4, 0.5) is 4.39 Å². The Morgan fingerprint density at radius 3 is 2.59 bits per heavy atom. The van der Waals surface area contributed by atoms with E-state index in [9.17, 15) is 9.18 Å². The maximum absolute atomic E-state index is 12.9. The van der Waals surface area contributed by atoms with Gasteiger partial charge in [-0.2, -0.15) is 0 Å². The fourth-order valence-corrected chi connectivity index (χ4v) is 3.31. The summed E-state index contributed by atoms with van der Waals surface area (Å²) in [6.45, 7) is 3.22. The Labute approximate surface area is 161 Å². The zero-order chi connectivity index (χ0) is 19.1. The van der Waals surface area contributed by atoms with Crippen LogP contribution in [0.25, 0.3) is 11.4 Å². The first kappa shape index (κ1) is 19.0. The van der Waals surface area contributed by atoms with Crippen LogP contribution in [-0.2, 0) is 17.9 Å². The van der Waals surface area contributed by atoms with E-state index in [2.05, 4.69) is 27.4 Å². The number of rotatable bonds is 8. The lowest BCUT2D eigenvalue weighted by Crippen LogP contribution is -2.24. The Hall–Kier alpha value is -2.74. The lowest BCUT2D eigenvalue weighted by Gasteiger charge is -2.09. The van der Waals surface area contributed by atoms with Gasteiger partial charge in [-0.05, 0) is 36.2 Å². The lowest BCUT2D eigenvalue weighted by molar-refractivity contribution is -0.118. The van der Waals surface area contributed by atoms with Crippen molar-refractivity contribution in [3.05, 3.63) is 60.2 Å². The predicted octanol–water partition coefficient (Wildman–Crippen LogP) is 3.30. The van der Waals surface area contributed by atoms with Gasteiger partial charge in [-0.3, -0.25) is 9.78 Å². The van der Waals surface area contributed by atoms with Crippen molar-refractivity contribution in [3.8, 4) is 11.4 Å².